The number of carbonyl (C=O) groups is 2. The largest absolute Gasteiger partial charge is 0.394 e. The average molecular weight is 395 g/mol. The molecule has 0 saturated heterocycles. The third-order valence-corrected chi connectivity index (χ3v) is 5.78. The molecule has 1 aromatic carbocycles. The molecule has 1 aliphatic rings. The van der Waals surface area contributed by atoms with Crippen LogP contribution in [-0.2, 0) is 13.0 Å². The predicted molar refractivity (Wildman–Crippen MR) is 109 cm³/mol. The molecular formula is C21H25N5O3. The third-order valence-electron chi connectivity index (χ3n) is 5.78. The number of rotatable bonds is 4. The lowest BCUT2D eigenvalue weighted by atomic mass is 10.0. The van der Waals surface area contributed by atoms with Crippen LogP contribution in [0.4, 0.5) is 0 Å². The highest BCUT2D eigenvalue weighted by atomic mass is 16.3. The summed E-state index contributed by atoms with van der Waals surface area (Å²) in [6.45, 7) is 4.28. The Balaban J connectivity index is 1.59. The van der Waals surface area contributed by atoms with Gasteiger partial charge in [0.05, 0.1) is 18.7 Å². The Labute approximate surface area is 168 Å². The quantitative estimate of drug-likeness (QED) is 0.628. The standard InChI is InChI=1S/C21H25N5O3/c1-21(2,12-27)25(3)20(29)18-14-11-26(9-8-16(14)23-24-18)19(28)17-10-13-6-4-5-7-15(13)22-17/h4-7,10,22,27H,8-9,11-12H2,1-3H3,(H,23,24). The Morgan fingerprint density at radius 2 is 2.07 bits per heavy atom. The predicted octanol–water partition coefficient (Wildman–Crippen LogP) is 1.93. The molecule has 3 aromatic rings. The molecule has 1 aliphatic heterocycles. The Kier molecular flexibility index (Phi) is 4.66. The minimum Gasteiger partial charge on any atom is -0.394 e. The normalized spacial score (nSPS) is 14.1. The summed E-state index contributed by atoms with van der Waals surface area (Å²) < 4.78 is 0. The van der Waals surface area contributed by atoms with Crippen molar-refractivity contribution in [2.45, 2.75) is 32.4 Å². The van der Waals surface area contributed by atoms with Crippen LogP contribution in [0.1, 0.15) is 46.1 Å². The zero-order chi connectivity index (χ0) is 20.8. The molecule has 2 amide bonds. The van der Waals surface area contributed by atoms with E-state index < -0.39 is 5.54 Å². The topological polar surface area (TPSA) is 105 Å². The van der Waals surface area contributed by atoms with Crippen LogP contribution in [0.15, 0.2) is 30.3 Å². The summed E-state index contributed by atoms with van der Waals surface area (Å²) in [6.07, 6.45) is 0.606. The van der Waals surface area contributed by atoms with Crippen LogP contribution in [0.3, 0.4) is 0 Å². The molecule has 0 atom stereocenters. The van der Waals surface area contributed by atoms with Crippen LogP contribution in [-0.4, -0.2) is 67.6 Å². The van der Waals surface area contributed by atoms with Gasteiger partial charge in [-0.3, -0.25) is 14.7 Å². The number of nitrogens with zero attached hydrogens (tertiary/aromatic N) is 3. The van der Waals surface area contributed by atoms with E-state index in [0.29, 0.717) is 30.9 Å². The summed E-state index contributed by atoms with van der Waals surface area (Å²) in [4.78, 5) is 32.4. The zero-order valence-corrected chi connectivity index (χ0v) is 16.8. The Morgan fingerprint density at radius 3 is 2.79 bits per heavy atom. The van der Waals surface area contributed by atoms with E-state index in [9.17, 15) is 14.7 Å². The fourth-order valence-corrected chi connectivity index (χ4v) is 3.54. The van der Waals surface area contributed by atoms with Crippen molar-refractivity contribution in [3.63, 3.8) is 0 Å². The summed E-state index contributed by atoms with van der Waals surface area (Å²) in [6, 6.07) is 9.61. The van der Waals surface area contributed by atoms with Gasteiger partial charge in [0.1, 0.15) is 5.69 Å². The maximum Gasteiger partial charge on any atom is 0.274 e. The molecule has 0 unspecified atom stereocenters. The average Bonchev–Trinajstić information content (AvgIpc) is 3.35. The molecule has 152 valence electrons. The molecule has 0 spiro atoms. The van der Waals surface area contributed by atoms with E-state index in [-0.39, 0.29) is 18.4 Å². The second-order valence-corrected chi connectivity index (χ2v) is 8.11. The van der Waals surface area contributed by atoms with Crippen molar-refractivity contribution in [2.75, 3.05) is 20.2 Å². The number of likely N-dealkylation sites (N-methyl/N-ethyl adjacent to an activating group) is 1. The molecule has 0 bridgehead atoms. The minimum atomic E-state index is -0.711. The number of aliphatic hydroxyl groups excluding tert-OH is 1. The van der Waals surface area contributed by atoms with E-state index in [1.165, 1.54) is 4.90 Å². The number of hydrogen-bond donors (Lipinski definition) is 3. The fraction of sp³-hybridized carbons (Fsp3) is 0.381. The number of hydrogen-bond acceptors (Lipinski definition) is 4. The van der Waals surface area contributed by atoms with Crippen LogP contribution in [0.25, 0.3) is 10.9 Å². The number of benzene rings is 1. The van der Waals surface area contributed by atoms with Crippen molar-refractivity contribution in [3.8, 4) is 0 Å². The number of aromatic amines is 2. The number of amides is 2. The van der Waals surface area contributed by atoms with Gasteiger partial charge in [0.25, 0.3) is 11.8 Å². The second kappa shape index (κ2) is 7.04. The van der Waals surface area contributed by atoms with Crippen molar-refractivity contribution in [3.05, 3.63) is 53.0 Å². The van der Waals surface area contributed by atoms with Gasteiger partial charge in [0.15, 0.2) is 5.69 Å². The second-order valence-electron chi connectivity index (χ2n) is 8.11. The van der Waals surface area contributed by atoms with Crippen molar-refractivity contribution >= 4 is 22.7 Å². The number of nitrogens with one attached hydrogen (secondary N) is 2. The number of fused-ring (bicyclic) bond motifs is 2. The van der Waals surface area contributed by atoms with E-state index in [1.807, 2.05) is 30.3 Å². The van der Waals surface area contributed by atoms with Gasteiger partial charge in [0.2, 0.25) is 0 Å². The molecule has 8 nitrogen and oxygen atoms in total. The zero-order valence-electron chi connectivity index (χ0n) is 16.8. The first-order chi connectivity index (χ1) is 13.8. The number of aromatic nitrogens is 3. The van der Waals surface area contributed by atoms with Crippen LogP contribution in [0.5, 0.6) is 0 Å². The SMILES string of the molecule is CN(C(=O)c1n[nH]c2c1CN(C(=O)c1cc3ccccc3[nH]1)CC2)C(C)(C)CO. The van der Waals surface area contributed by atoms with Crippen LogP contribution < -0.4 is 0 Å². The molecule has 2 aromatic heterocycles. The highest BCUT2D eigenvalue weighted by Gasteiger charge is 2.34. The molecule has 29 heavy (non-hydrogen) atoms. The first-order valence-electron chi connectivity index (χ1n) is 9.64. The lowest BCUT2D eigenvalue weighted by Crippen LogP contribution is -2.48. The van der Waals surface area contributed by atoms with Gasteiger partial charge in [-0.1, -0.05) is 18.2 Å². The number of aliphatic hydroxyl groups is 1. The molecule has 0 fully saturated rings. The van der Waals surface area contributed by atoms with E-state index >= 15 is 0 Å². The number of para-hydroxylation sites is 1. The van der Waals surface area contributed by atoms with Crippen LogP contribution in [0.2, 0.25) is 0 Å². The lowest BCUT2D eigenvalue weighted by Gasteiger charge is -2.34. The molecule has 3 heterocycles. The Morgan fingerprint density at radius 1 is 1.31 bits per heavy atom. The Hall–Kier alpha value is -3.13. The molecule has 0 aliphatic carbocycles. The molecule has 3 N–H and O–H groups in total. The van der Waals surface area contributed by atoms with Crippen molar-refractivity contribution in [1.82, 2.24) is 25.0 Å². The fourth-order valence-electron chi connectivity index (χ4n) is 3.54. The van der Waals surface area contributed by atoms with Gasteiger partial charge in [0, 0.05) is 42.2 Å². The Bertz CT molecular complexity index is 1050. The summed E-state index contributed by atoms with van der Waals surface area (Å²) in [5, 5.41) is 17.7. The van der Waals surface area contributed by atoms with E-state index in [4.69, 9.17) is 0 Å². The highest BCUT2D eigenvalue weighted by molar-refractivity contribution is 5.98. The number of carbonyl (C=O) groups excluding carboxylic acids is 2. The first kappa shape index (κ1) is 19.2. The summed E-state index contributed by atoms with van der Waals surface area (Å²) in [7, 11) is 1.65. The van der Waals surface area contributed by atoms with Crippen molar-refractivity contribution in [2.24, 2.45) is 0 Å². The third kappa shape index (κ3) is 3.29. The van der Waals surface area contributed by atoms with E-state index in [2.05, 4.69) is 15.2 Å². The van der Waals surface area contributed by atoms with Gasteiger partial charge in [-0.15, -0.1) is 0 Å². The lowest BCUT2D eigenvalue weighted by molar-refractivity contribution is 0.0464. The summed E-state index contributed by atoms with van der Waals surface area (Å²) in [5.74, 6) is -0.378. The van der Waals surface area contributed by atoms with E-state index in [1.54, 1.807) is 25.8 Å². The van der Waals surface area contributed by atoms with Gasteiger partial charge >= 0.3 is 0 Å². The maximum atomic E-state index is 13.1. The molecule has 0 saturated carbocycles. The maximum absolute atomic E-state index is 13.1. The molecule has 4 rings (SSSR count). The van der Waals surface area contributed by atoms with E-state index in [0.717, 1.165) is 22.2 Å². The van der Waals surface area contributed by atoms with Gasteiger partial charge < -0.3 is 19.9 Å². The number of H-pyrrole nitrogens is 2. The van der Waals surface area contributed by atoms with Gasteiger partial charge in [-0.2, -0.15) is 5.10 Å². The summed E-state index contributed by atoms with van der Waals surface area (Å²) >= 11 is 0. The summed E-state index contributed by atoms with van der Waals surface area (Å²) in [5.41, 5.74) is 2.66. The van der Waals surface area contributed by atoms with Gasteiger partial charge in [-0.05, 0) is 26.0 Å². The van der Waals surface area contributed by atoms with Crippen molar-refractivity contribution in [1.29, 1.82) is 0 Å². The smallest absolute Gasteiger partial charge is 0.274 e. The highest BCUT2D eigenvalue weighted by Crippen LogP contribution is 2.25. The molecule has 8 heteroatoms. The molecule has 0 radical (unpaired) electrons. The van der Waals surface area contributed by atoms with Gasteiger partial charge in [-0.25, -0.2) is 0 Å². The monoisotopic (exact) mass is 395 g/mol. The van der Waals surface area contributed by atoms with Crippen LogP contribution in [0, 0.1) is 0 Å². The first-order valence-corrected chi connectivity index (χ1v) is 9.64. The molecular weight excluding hydrogens is 370 g/mol. The van der Waals surface area contributed by atoms with Crippen molar-refractivity contribution < 1.29 is 14.7 Å². The van der Waals surface area contributed by atoms with Crippen LogP contribution >= 0.6 is 0 Å². The minimum absolute atomic E-state index is 0.101.